The summed E-state index contributed by atoms with van der Waals surface area (Å²) in [7, 11) is 1.99. The Labute approximate surface area is 98.8 Å². The van der Waals surface area contributed by atoms with Gasteiger partial charge in [0.2, 0.25) is 0 Å². The lowest BCUT2D eigenvalue weighted by Crippen LogP contribution is -2.13. The number of hydrogen-bond donors (Lipinski definition) is 1. The van der Waals surface area contributed by atoms with Crippen LogP contribution in [-0.4, -0.2) is 12.8 Å². The molecule has 0 saturated heterocycles. The van der Waals surface area contributed by atoms with E-state index in [1.807, 2.05) is 18.8 Å². The van der Waals surface area contributed by atoms with Gasteiger partial charge in [0, 0.05) is 15.4 Å². The van der Waals surface area contributed by atoms with Gasteiger partial charge in [-0.25, -0.2) is 0 Å². The molecular formula is C11H16BrNS. The average Bonchev–Trinajstić information content (AvgIpc) is 2.20. The summed E-state index contributed by atoms with van der Waals surface area (Å²) in [6.07, 6.45) is 0. The molecule has 1 N–H and O–H groups in total. The smallest absolute Gasteiger partial charge is 0.0300 e. The van der Waals surface area contributed by atoms with Crippen LogP contribution in [0.2, 0.25) is 0 Å². The number of rotatable bonds is 4. The van der Waals surface area contributed by atoms with E-state index in [4.69, 9.17) is 0 Å². The Bertz CT molecular complexity index is 301. The lowest BCUT2D eigenvalue weighted by molar-refractivity contribution is 0.641. The van der Waals surface area contributed by atoms with Crippen molar-refractivity contribution in [2.45, 2.75) is 24.8 Å². The van der Waals surface area contributed by atoms with Gasteiger partial charge in [0.05, 0.1) is 0 Å². The Hall–Kier alpha value is 0.01000. The standard InChI is InChI=1S/C11H16BrNS/c1-4-14-11-6-5-9(12)7-10(11)8(2)13-3/h5-8,13H,4H2,1-3H3. The van der Waals surface area contributed by atoms with Crippen molar-refractivity contribution in [1.82, 2.24) is 5.32 Å². The highest BCUT2D eigenvalue weighted by Crippen LogP contribution is 2.29. The lowest BCUT2D eigenvalue weighted by atomic mass is 10.1. The van der Waals surface area contributed by atoms with Crippen molar-refractivity contribution in [3.63, 3.8) is 0 Å². The zero-order valence-corrected chi connectivity index (χ0v) is 11.2. The number of thioether (sulfide) groups is 1. The lowest BCUT2D eigenvalue weighted by Gasteiger charge is -2.15. The monoisotopic (exact) mass is 273 g/mol. The van der Waals surface area contributed by atoms with Crippen LogP contribution >= 0.6 is 27.7 Å². The molecule has 1 aromatic rings. The zero-order chi connectivity index (χ0) is 10.6. The summed E-state index contributed by atoms with van der Waals surface area (Å²) in [5, 5.41) is 3.27. The van der Waals surface area contributed by atoms with Gasteiger partial charge in [0.1, 0.15) is 0 Å². The highest BCUT2D eigenvalue weighted by Gasteiger charge is 2.08. The van der Waals surface area contributed by atoms with Gasteiger partial charge in [-0.05, 0) is 43.5 Å². The van der Waals surface area contributed by atoms with Crippen LogP contribution in [0.3, 0.4) is 0 Å². The first-order chi connectivity index (χ1) is 6.69. The van der Waals surface area contributed by atoms with Crippen LogP contribution in [0.1, 0.15) is 25.5 Å². The molecule has 0 bridgehead atoms. The second-order valence-corrected chi connectivity index (χ2v) is 5.35. The van der Waals surface area contributed by atoms with Crippen LogP contribution in [0.4, 0.5) is 0 Å². The van der Waals surface area contributed by atoms with E-state index in [-0.39, 0.29) is 0 Å². The molecule has 1 atom stereocenters. The fraction of sp³-hybridized carbons (Fsp3) is 0.455. The minimum absolute atomic E-state index is 0.404. The Balaban J connectivity index is 3.02. The molecule has 0 aliphatic rings. The summed E-state index contributed by atoms with van der Waals surface area (Å²) in [5.41, 5.74) is 1.37. The maximum absolute atomic E-state index is 3.51. The Morgan fingerprint density at radius 1 is 1.50 bits per heavy atom. The first kappa shape index (κ1) is 12.1. The fourth-order valence-electron chi connectivity index (χ4n) is 1.30. The summed E-state index contributed by atoms with van der Waals surface area (Å²) >= 11 is 5.40. The molecular weight excluding hydrogens is 258 g/mol. The van der Waals surface area contributed by atoms with Gasteiger partial charge >= 0.3 is 0 Å². The van der Waals surface area contributed by atoms with Crippen molar-refractivity contribution in [3.05, 3.63) is 28.2 Å². The normalized spacial score (nSPS) is 12.9. The molecule has 3 heteroatoms. The van der Waals surface area contributed by atoms with E-state index in [1.54, 1.807) is 0 Å². The van der Waals surface area contributed by atoms with Gasteiger partial charge in [-0.2, -0.15) is 0 Å². The molecule has 1 aromatic carbocycles. The summed E-state index contributed by atoms with van der Waals surface area (Å²) < 4.78 is 1.15. The van der Waals surface area contributed by atoms with Crippen molar-refractivity contribution in [2.24, 2.45) is 0 Å². The topological polar surface area (TPSA) is 12.0 Å². The summed E-state index contributed by atoms with van der Waals surface area (Å²) in [5.74, 6) is 1.12. The Morgan fingerprint density at radius 2 is 2.21 bits per heavy atom. The van der Waals surface area contributed by atoms with Gasteiger partial charge in [-0.3, -0.25) is 0 Å². The maximum Gasteiger partial charge on any atom is 0.0300 e. The van der Waals surface area contributed by atoms with E-state index >= 15 is 0 Å². The zero-order valence-electron chi connectivity index (χ0n) is 8.80. The van der Waals surface area contributed by atoms with Crippen molar-refractivity contribution < 1.29 is 0 Å². The molecule has 0 aromatic heterocycles. The molecule has 1 nitrogen and oxygen atoms in total. The van der Waals surface area contributed by atoms with Crippen molar-refractivity contribution in [3.8, 4) is 0 Å². The molecule has 0 amide bonds. The van der Waals surface area contributed by atoms with E-state index < -0.39 is 0 Å². The van der Waals surface area contributed by atoms with Crippen LogP contribution < -0.4 is 5.32 Å². The van der Waals surface area contributed by atoms with Gasteiger partial charge in [0.15, 0.2) is 0 Å². The highest BCUT2D eigenvalue weighted by molar-refractivity contribution is 9.10. The summed E-state index contributed by atoms with van der Waals surface area (Å²) in [6.45, 7) is 4.36. The molecule has 0 heterocycles. The van der Waals surface area contributed by atoms with E-state index in [0.29, 0.717) is 6.04 Å². The molecule has 0 aliphatic carbocycles. The Morgan fingerprint density at radius 3 is 2.79 bits per heavy atom. The maximum atomic E-state index is 3.51. The fourth-order valence-corrected chi connectivity index (χ4v) is 2.56. The van der Waals surface area contributed by atoms with E-state index in [2.05, 4.69) is 53.3 Å². The third kappa shape index (κ3) is 3.01. The SMILES string of the molecule is CCSc1ccc(Br)cc1C(C)NC. The van der Waals surface area contributed by atoms with Gasteiger partial charge in [-0.15, -0.1) is 11.8 Å². The first-order valence-corrected chi connectivity index (χ1v) is 6.56. The van der Waals surface area contributed by atoms with Crippen molar-refractivity contribution in [2.75, 3.05) is 12.8 Å². The second kappa shape index (κ2) is 5.79. The third-order valence-corrected chi connectivity index (χ3v) is 3.64. The summed E-state index contributed by atoms with van der Waals surface area (Å²) in [4.78, 5) is 1.37. The molecule has 14 heavy (non-hydrogen) atoms. The predicted molar refractivity (Wildman–Crippen MR) is 68.0 cm³/mol. The van der Waals surface area contributed by atoms with E-state index in [0.717, 1.165) is 10.2 Å². The van der Waals surface area contributed by atoms with Gasteiger partial charge in [0.25, 0.3) is 0 Å². The van der Waals surface area contributed by atoms with Gasteiger partial charge in [-0.1, -0.05) is 22.9 Å². The Kier molecular flexibility index (Phi) is 4.99. The molecule has 0 radical (unpaired) electrons. The van der Waals surface area contributed by atoms with E-state index in [1.165, 1.54) is 10.5 Å². The molecule has 1 unspecified atom stereocenters. The van der Waals surface area contributed by atoms with Gasteiger partial charge < -0.3 is 5.32 Å². The largest absolute Gasteiger partial charge is 0.313 e. The quantitative estimate of drug-likeness (QED) is 0.837. The second-order valence-electron chi connectivity index (χ2n) is 3.13. The first-order valence-electron chi connectivity index (χ1n) is 4.78. The number of halogens is 1. The predicted octanol–water partition coefficient (Wildman–Crippen LogP) is 3.84. The van der Waals surface area contributed by atoms with Crippen LogP contribution in [0, 0.1) is 0 Å². The van der Waals surface area contributed by atoms with Crippen LogP contribution in [-0.2, 0) is 0 Å². The van der Waals surface area contributed by atoms with Crippen LogP contribution in [0.15, 0.2) is 27.6 Å². The van der Waals surface area contributed by atoms with Crippen LogP contribution in [0.25, 0.3) is 0 Å². The molecule has 0 spiro atoms. The third-order valence-electron chi connectivity index (χ3n) is 2.17. The highest BCUT2D eigenvalue weighted by atomic mass is 79.9. The summed E-state index contributed by atoms with van der Waals surface area (Å²) in [6, 6.07) is 6.88. The van der Waals surface area contributed by atoms with Crippen LogP contribution in [0.5, 0.6) is 0 Å². The molecule has 1 rings (SSSR count). The van der Waals surface area contributed by atoms with E-state index in [9.17, 15) is 0 Å². The molecule has 78 valence electrons. The molecule has 0 aliphatic heterocycles. The minimum atomic E-state index is 0.404. The van der Waals surface area contributed by atoms with Crippen molar-refractivity contribution >= 4 is 27.7 Å². The number of hydrogen-bond acceptors (Lipinski definition) is 2. The molecule has 0 saturated carbocycles. The average molecular weight is 274 g/mol. The number of nitrogens with one attached hydrogen (secondary N) is 1. The van der Waals surface area contributed by atoms with Crippen molar-refractivity contribution in [1.29, 1.82) is 0 Å². The minimum Gasteiger partial charge on any atom is -0.313 e. The molecule has 0 fully saturated rings. The number of benzene rings is 1.